The average molecular weight is 341 g/mol. The van der Waals surface area contributed by atoms with Crippen molar-refractivity contribution in [2.75, 3.05) is 5.32 Å². The summed E-state index contributed by atoms with van der Waals surface area (Å²) in [6.07, 6.45) is -1.92. The lowest BCUT2D eigenvalue weighted by Gasteiger charge is -2.16. The molecule has 1 atom stereocenters. The number of nitrogens with two attached hydrogens (primary N) is 1. The molecule has 0 radical (unpaired) electrons. The molecule has 5 nitrogen and oxygen atoms in total. The molecule has 0 unspecified atom stereocenters. The number of nitrogens with one attached hydrogen (secondary N) is 1. The maximum Gasteiger partial charge on any atom is 0.417 e. The zero-order chi connectivity index (χ0) is 17.9. The van der Waals surface area contributed by atoms with Crippen LogP contribution in [0.4, 0.5) is 18.9 Å². The molecule has 1 aromatic carbocycles. The van der Waals surface area contributed by atoms with E-state index in [9.17, 15) is 18.0 Å². The summed E-state index contributed by atoms with van der Waals surface area (Å²) >= 11 is 0. The van der Waals surface area contributed by atoms with Gasteiger partial charge in [0.15, 0.2) is 12.2 Å². The molecule has 24 heavy (non-hydrogen) atoms. The Morgan fingerprint density at radius 3 is 2.62 bits per heavy atom. The van der Waals surface area contributed by atoms with Gasteiger partial charge in [0.25, 0.3) is 0 Å². The van der Waals surface area contributed by atoms with Crippen LogP contribution in [0.3, 0.4) is 0 Å². The van der Waals surface area contributed by atoms with Crippen LogP contribution in [0, 0.1) is 5.92 Å². The molecule has 1 heterocycles. The highest BCUT2D eigenvalue weighted by Crippen LogP contribution is 2.38. The maximum atomic E-state index is 13.3. The molecule has 0 saturated heterocycles. The van der Waals surface area contributed by atoms with Crippen LogP contribution in [0.15, 0.2) is 35.2 Å². The van der Waals surface area contributed by atoms with Crippen molar-refractivity contribution >= 4 is 11.6 Å². The van der Waals surface area contributed by atoms with Crippen LogP contribution in [0.25, 0.3) is 11.3 Å². The number of nitrogens with zero attached hydrogens (tertiary/aromatic N) is 1. The minimum Gasteiger partial charge on any atom is -0.444 e. The highest BCUT2D eigenvalue weighted by atomic mass is 19.4. The van der Waals surface area contributed by atoms with Crippen molar-refractivity contribution in [1.82, 2.24) is 4.98 Å². The maximum absolute atomic E-state index is 13.3. The van der Waals surface area contributed by atoms with Crippen LogP contribution < -0.4 is 11.1 Å². The van der Waals surface area contributed by atoms with E-state index < -0.39 is 23.7 Å². The average Bonchev–Trinajstić information content (AvgIpc) is 2.99. The largest absolute Gasteiger partial charge is 0.444 e. The Morgan fingerprint density at radius 2 is 2.08 bits per heavy atom. The minimum atomic E-state index is -4.61. The SMILES string of the molecule is CC(C)C[C@@H](N)C(=O)Nc1ccc(-c2cnco2)c(C(F)(F)F)c1. The van der Waals surface area contributed by atoms with Gasteiger partial charge in [0, 0.05) is 11.3 Å². The van der Waals surface area contributed by atoms with E-state index in [4.69, 9.17) is 10.2 Å². The number of halogens is 3. The predicted octanol–water partition coefficient (Wildman–Crippen LogP) is 3.67. The number of aromatic nitrogens is 1. The second kappa shape index (κ2) is 7.04. The van der Waals surface area contributed by atoms with Crippen molar-refractivity contribution in [2.24, 2.45) is 11.7 Å². The van der Waals surface area contributed by atoms with Gasteiger partial charge in [0.1, 0.15) is 0 Å². The Morgan fingerprint density at radius 1 is 1.38 bits per heavy atom. The minimum absolute atomic E-state index is 0.00305. The number of amides is 1. The lowest BCUT2D eigenvalue weighted by atomic mass is 10.0. The van der Waals surface area contributed by atoms with Crippen LogP contribution >= 0.6 is 0 Å². The van der Waals surface area contributed by atoms with E-state index >= 15 is 0 Å². The van der Waals surface area contributed by atoms with Gasteiger partial charge in [-0.25, -0.2) is 4.98 Å². The van der Waals surface area contributed by atoms with Gasteiger partial charge in [-0.1, -0.05) is 13.8 Å². The number of carbonyl (C=O) groups excluding carboxylic acids is 1. The number of anilines is 1. The molecule has 0 saturated carbocycles. The van der Waals surface area contributed by atoms with Crippen LogP contribution in [0.1, 0.15) is 25.8 Å². The fourth-order valence-electron chi connectivity index (χ4n) is 2.27. The Kier molecular flexibility index (Phi) is 5.28. The van der Waals surface area contributed by atoms with E-state index in [2.05, 4.69) is 10.3 Å². The summed E-state index contributed by atoms with van der Waals surface area (Å²) in [6, 6.07) is 2.67. The van der Waals surface area contributed by atoms with Crippen LogP contribution in [-0.2, 0) is 11.0 Å². The van der Waals surface area contributed by atoms with Crippen molar-refractivity contribution in [3.05, 3.63) is 36.4 Å². The van der Waals surface area contributed by atoms with E-state index in [1.807, 2.05) is 13.8 Å². The first-order valence-corrected chi connectivity index (χ1v) is 7.35. The Balaban J connectivity index is 2.29. The van der Waals surface area contributed by atoms with E-state index in [0.29, 0.717) is 6.42 Å². The van der Waals surface area contributed by atoms with Crippen LogP contribution in [0.5, 0.6) is 0 Å². The quantitative estimate of drug-likeness (QED) is 0.869. The smallest absolute Gasteiger partial charge is 0.417 e. The third kappa shape index (κ3) is 4.35. The Hall–Kier alpha value is -2.35. The first-order valence-electron chi connectivity index (χ1n) is 7.35. The molecule has 0 bridgehead atoms. The number of hydrogen-bond acceptors (Lipinski definition) is 4. The molecule has 0 spiro atoms. The molecule has 0 aliphatic carbocycles. The molecular formula is C16H18F3N3O2. The second-order valence-corrected chi connectivity index (χ2v) is 5.85. The molecule has 1 aromatic heterocycles. The first kappa shape index (κ1) is 18.0. The van der Waals surface area contributed by atoms with Crippen molar-refractivity contribution in [3.8, 4) is 11.3 Å². The molecule has 8 heteroatoms. The van der Waals surface area contributed by atoms with E-state index in [0.717, 1.165) is 12.5 Å². The summed E-state index contributed by atoms with van der Waals surface area (Å²) in [4.78, 5) is 15.6. The molecular weight excluding hydrogens is 323 g/mol. The number of benzene rings is 1. The highest BCUT2D eigenvalue weighted by molar-refractivity contribution is 5.95. The molecule has 3 N–H and O–H groups in total. The monoisotopic (exact) mass is 341 g/mol. The van der Waals surface area contributed by atoms with Crippen molar-refractivity contribution in [3.63, 3.8) is 0 Å². The van der Waals surface area contributed by atoms with E-state index in [1.54, 1.807) is 0 Å². The standard InChI is InChI=1S/C16H18F3N3O2/c1-9(2)5-13(20)15(23)22-10-3-4-11(14-7-21-8-24-14)12(6-10)16(17,18)19/h3-4,6-9,13H,5,20H2,1-2H3,(H,22,23)/t13-/m1/s1. The highest BCUT2D eigenvalue weighted by Gasteiger charge is 2.35. The van der Waals surface area contributed by atoms with Gasteiger partial charge in [-0.15, -0.1) is 0 Å². The van der Waals surface area contributed by atoms with Gasteiger partial charge in [-0.3, -0.25) is 4.79 Å². The van der Waals surface area contributed by atoms with Gasteiger partial charge in [0.05, 0.1) is 17.8 Å². The molecule has 1 amide bonds. The molecule has 2 rings (SSSR count). The Bertz CT molecular complexity index is 697. The number of hydrogen-bond donors (Lipinski definition) is 2. The fourth-order valence-corrected chi connectivity index (χ4v) is 2.27. The van der Waals surface area contributed by atoms with Gasteiger partial charge in [0.2, 0.25) is 5.91 Å². The second-order valence-electron chi connectivity index (χ2n) is 5.85. The normalized spacial score (nSPS) is 13.1. The molecule has 0 fully saturated rings. The number of rotatable bonds is 5. The fraction of sp³-hybridized carbons (Fsp3) is 0.375. The van der Waals surface area contributed by atoms with Crippen LogP contribution in [-0.4, -0.2) is 16.9 Å². The van der Waals surface area contributed by atoms with Crippen molar-refractivity contribution in [2.45, 2.75) is 32.5 Å². The van der Waals surface area contributed by atoms with Crippen LogP contribution in [0.2, 0.25) is 0 Å². The van der Waals surface area contributed by atoms with Crippen molar-refractivity contribution in [1.29, 1.82) is 0 Å². The third-order valence-corrected chi connectivity index (χ3v) is 3.35. The van der Waals surface area contributed by atoms with Gasteiger partial charge in [-0.2, -0.15) is 13.2 Å². The summed E-state index contributed by atoms with van der Waals surface area (Å²) in [5, 5.41) is 2.42. The van der Waals surface area contributed by atoms with Gasteiger partial charge >= 0.3 is 6.18 Å². The predicted molar refractivity (Wildman–Crippen MR) is 83.0 cm³/mol. The Labute approximate surface area is 137 Å². The van der Waals surface area contributed by atoms with Crippen molar-refractivity contribution < 1.29 is 22.4 Å². The first-order chi connectivity index (χ1) is 11.2. The summed E-state index contributed by atoms with van der Waals surface area (Å²) < 4.78 is 44.8. The van der Waals surface area contributed by atoms with Gasteiger partial charge < -0.3 is 15.5 Å². The summed E-state index contributed by atoms with van der Waals surface area (Å²) in [5.41, 5.74) is 4.69. The zero-order valence-corrected chi connectivity index (χ0v) is 13.2. The summed E-state index contributed by atoms with van der Waals surface area (Å²) in [6.45, 7) is 3.81. The molecule has 130 valence electrons. The number of alkyl halides is 3. The van der Waals surface area contributed by atoms with E-state index in [1.165, 1.54) is 18.3 Å². The number of oxazole rings is 1. The molecule has 2 aromatic rings. The van der Waals surface area contributed by atoms with Gasteiger partial charge in [-0.05, 0) is 30.5 Å². The molecule has 0 aliphatic rings. The van der Waals surface area contributed by atoms with E-state index in [-0.39, 0.29) is 22.9 Å². The topological polar surface area (TPSA) is 81.2 Å². The lowest BCUT2D eigenvalue weighted by Crippen LogP contribution is -2.36. The zero-order valence-electron chi connectivity index (χ0n) is 13.2. The summed E-state index contributed by atoms with van der Waals surface area (Å²) in [5.74, 6) is -0.328. The lowest BCUT2D eigenvalue weighted by molar-refractivity contribution is -0.137. The molecule has 0 aliphatic heterocycles. The number of carbonyl (C=O) groups is 1. The third-order valence-electron chi connectivity index (χ3n) is 3.35. The summed E-state index contributed by atoms with van der Waals surface area (Å²) in [7, 11) is 0.